The summed E-state index contributed by atoms with van der Waals surface area (Å²) in [6.45, 7) is 1.58. The van der Waals surface area contributed by atoms with E-state index >= 15 is 0 Å². The molecule has 0 bridgehead atoms. The van der Waals surface area contributed by atoms with Gasteiger partial charge in [0.05, 0.1) is 5.88 Å². The van der Waals surface area contributed by atoms with E-state index in [9.17, 15) is 9.46 Å². The summed E-state index contributed by atoms with van der Waals surface area (Å²) in [4.78, 5) is 9.72. The van der Waals surface area contributed by atoms with Crippen LogP contribution in [0, 0.1) is 0 Å². The molecule has 0 heterocycles. The zero-order chi connectivity index (χ0) is 6.57. The smallest absolute Gasteiger partial charge is 0.566 e. The van der Waals surface area contributed by atoms with Crippen molar-refractivity contribution in [1.29, 1.82) is 0 Å². The summed E-state index contributed by atoms with van der Waals surface area (Å²) < 4.78 is 13.9. The van der Waals surface area contributed by atoms with Crippen molar-refractivity contribution in [2.75, 3.05) is 5.88 Å². The molecule has 0 aromatic carbocycles. The topological polar surface area (TPSA) is 49.4 Å². The first-order valence-corrected chi connectivity index (χ1v) is 3.67. The normalized spacial score (nSPS) is 13.9. The molecule has 9 heavy (non-hydrogen) atoms. The number of alkyl halides is 1. The van der Waals surface area contributed by atoms with Gasteiger partial charge in [0.25, 0.3) is 0 Å². The molecule has 0 rings (SSSR count). The van der Waals surface area contributed by atoms with Crippen molar-refractivity contribution in [3.8, 4) is 0 Å². The average Bonchev–Trinajstić information content (AvgIpc) is 1.65. The van der Waals surface area contributed by atoms with E-state index in [0.717, 1.165) is 0 Å². The van der Waals surface area contributed by atoms with E-state index in [1.807, 2.05) is 0 Å². The van der Waals surface area contributed by atoms with Crippen LogP contribution in [-0.4, -0.2) is 12.0 Å². The third-order valence-corrected chi connectivity index (χ3v) is 1.45. The van der Waals surface area contributed by atoms with Gasteiger partial charge in [0, 0.05) is 0 Å². The van der Waals surface area contributed by atoms with Gasteiger partial charge in [0.15, 0.2) is 0 Å². The van der Waals surface area contributed by atoms with Crippen LogP contribution in [0.2, 0.25) is 0 Å². The zero-order valence-electron chi connectivity index (χ0n) is 5.33. The minimum atomic E-state index is -2.73. The molecule has 48 valence electrons. The van der Waals surface area contributed by atoms with Crippen LogP contribution in [0.1, 0.15) is 6.92 Å². The number of halogens is 1. The van der Waals surface area contributed by atoms with Gasteiger partial charge in [-0.3, -0.25) is 0 Å². The summed E-state index contributed by atoms with van der Waals surface area (Å²) in [7, 11) is -2.73. The molecule has 2 unspecified atom stereocenters. The SMILES string of the molecule is CC(CCl)O[P+](=O)[O-].[Na+]. The van der Waals surface area contributed by atoms with Gasteiger partial charge in [-0.2, -0.15) is 0 Å². The van der Waals surface area contributed by atoms with E-state index in [2.05, 4.69) is 4.52 Å². The van der Waals surface area contributed by atoms with Crippen LogP contribution in [0.25, 0.3) is 0 Å². The van der Waals surface area contributed by atoms with E-state index in [1.54, 1.807) is 6.92 Å². The molecule has 0 aliphatic rings. The molecule has 3 nitrogen and oxygen atoms in total. The van der Waals surface area contributed by atoms with Crippen LogP contribution in [0.4, 0.5) is 0 Å². The van der Waals surface area contributed by atoms with E-state index in [1.165, 1.54) is 0 Å². The maximum Gasteiger partial charge on any atom is 1.00 e. The summed E-state index contributed by atoms with van der Waals surface area (Å²) in [5, 5.41) is 0. The second-order valence-electron chi connectivity index (χ2n) is 1.29. The zero-order valence-corrected chi connectivity index (χ0v) is 8.98. The van der Waals surface area contributed by atoms with Gasteiger partial charge in [0.1, 0.15) is 6.10 Å². The largest absolute Gasteiger partial charge is 1.00 e. The molecule has 0 N–H and O–H groups in total. The van der Waals surface area contributed by atoms with Crippen LogP contribution in [-0.2, 0) is 9.09 Å². The third kappa shape index (κ3) is 9.31. The summed E-state index contributed by atoms with van der Waals surface area (Å²) in [5.74, 6) is 0.198. The Labute approximate surface area is 82.0 Å². The van der Waals surface area contributed by atoms with Crippen molar-refractivity contribution >= 4 is 19.9 Å². The van der Waals surface area contributed by atoms with E-state index < -0.39 is 14.4 Å². The van der Waals surface area contributed by atoms with Crippen LogP contribution in [0.3, 0.4) is 0 Å². The van der Waals surface area contributed by atoms with Crippen molar-refractivity contribution in [3.05, 3.63) is 0 Å². The summed E-state index contributed by atoms with van der Waals surface area (Å²) in [5.41, 5.74) is 0. The summed E-state index contributed by atoms with van der Waals surface area (Å²) in [6.07, 6.45) is -0.405. The first-order valence-electron chi connectivity index (χ1n) is 2.04. The second-order valence-corrected chi connectivity index (χ2v) is 2.26. The van der Waals surface area contributed by atoms with Gasteiger partial charge in [0.2, 0.25) is 0 Å². The first-order chi connectivity index (χ1) is 3.66. The standard InChI is InChI=1S/C3H6ClO3P.Na/c1-3(2-4)7-8(5)6;/h3H,2H2,1H3;/q;+1. The van der Waals surface area contributed by atoms with Crippen LogP contribution in [0.15, 0.2) is 0 Å². The molecular formula is C3H6ClNaO3P+. The molecule has 0 saturated carbocycles. The fourth-order valence-corrected chi connectivity index (χ4v) is 0.694. The molecule has 0 aromatic heterocycles. The first kappa shape index (κ1) is 12.9. The Hall–Kier alpha value is 1.31. The van der Waals surface area contributed by atoms with Gasteiger partial charge in [-0.25, -0.2) is 0 Å². The Bertz CT molecular complexity index is 91.1. The Morgan fingerprint density at radius 3 is 2.44 bits per heavy atom. The molecule has 6 heteroatoms. The van der Waals surface area contributed by atoms with Crippen molar-refractivity contribution in [1.82, 2.24) is 0 Å². The Kier molecular flexibility index (Phi) is 10.7. The minimum Gasteiger partial charge on any atom is -0.566 e. The van der Waals surface area contributed by atoms with Gasteiger partial charge in [-0.05, 0) is 11.5 Å². The molecule has 0 saturated heterocycles. The summed E-state index contributed by atoms with van der Waals surface area (Å²) >= 11 is 5.20. The average molecular weight is 179 g/mol. The van der Waals surface area contributed by atoms with Gasteiger partial charge < -0.3 is 4.89 Å². The monoisotopic (exact) mass is 179 g/mol. The molecule has 0 amide bonds. The second kappa shape index (κ2) is 7.42. The minimum absolute atomic E-state index is 0. The number of rotatable bonds is 3. The quantitative estimate of drug-likeness (QED) is 0.277. The molecule has 0 aliphatic heterocycles. The Balaban J connectivity index is 0. The van der Waals surface area contributed by atoms with E-state index in [4.69, 9.17) is 11.6 Å². The molecule has 0 aromatic rings. The predicted molar refractivity (Wildman–Crippen MR) is 28.9 cm³/mol. The van der Waals surface area contributed by atoms with Gasteiger partial charge >= 0.3 is 37.8 Å². The molecule has 2 atom stereocenters. The Morgan fingerprint density at radius 1 is 1.89 bits per heavy atom. The summed E-state index contributed by atoms with van der Waals surface area (Å²) in [6, 6.07) is 0. The molecule has 0 fully saturated rings. The van der Waals surface area contributed by atoms with E-state index in [-0.39, 0.29) is 35.4 Å². The van der Waals surface area contributed by atoms with Crippen molar-refractivity contribution in [2.45, 2.75) is 13.0 Å². The maximum absolute atomic E-state index is 9.72. The van der Waals surface area contributed by atoms with Gasteiger partial charge in [-0.15, -0.1) is 16.1 Å². The third-order valence-electron chi connectivity index (χ3n) is 0.483. The fraction of sp³-hybridized carbons (Fsp3) is 1.00. The van der Waals surface area contributed by atoms with Gasteiger partial charge in [-0.1, -0.05) is 0 Å². The number of hydrogen-bond acceptors (Lipinski definition) is 3. The van der Waals surface area contributed by atoms with Crippen molar-refractivity contribution < 1.29 is 43.5 Å². The molecular weight excluding hydrogens is 173 g/mol. The Morgan fingerprint density at radius 2 is 2.33 bits per heavy atom. The van der Waals surface area contributed by atoms with Crippen LogP contribution < -0.4 is 34.5 Å². The molecule has 0 spiro atoms. The molecule has 0 aliphatic carbocycles. The fourth-order valence-electron chi connectivity index (χ4n) is 0.175. The maximum atomic E-state index is 9.72. The van der Waals surface area contributed by atoms with Crippen LogP contribution >= 0.6 is 19.9 Å². The molecule has 0 radical (unpaired) electrons. The predicted octanol–water partition coefficient (Wildman–Crippen LogP) is -2.35. The van der Waals surface area contributed by atoms with Crippen molar-refractivity contribution in [3.63, 3.8) is 0 Å². The van der Waals surface area contributed by atoms with Crippen LogP contribution in [0.5, 0.6) is 0 Å². The number of hydrogen-bond donors (Lipinski definition) is 0. The van der Waals surface area contributed by atoms with E-state index in [0.29, 0.717) is 0 Å². The van der Waals surface area contributed by atoms with Crippen molar-refractivity contribution in [2.24, 2.45) is 0 Å².